The Hall–Kier alpha value is -4.19. The minimum Gasteiger partial charge on any atom is -0.490 e. The van der Waals surface area contributed by atoms with Crippen LogP contribution in [0.4, 0.5) is 0 Å². The van der Waals surface area contributed by atoms with E-state index in [0.29, 0.717) is 51.8 Å². The van der Waals surface area contributed by atoms with E-state index in [-0.39, 0.29) is 17.2 Å². The van der Waals surface area contributed by atoms with Crippen LogP contribution in [-0.2, 0) is 0 Å². The molecule has 0 radical (unpaired) electrons. The number of ether oxygens (including phenoxy) is 4. The number of carbonyl (C=O) groups excluding carboxylic acids is 1. The van der Waals surface area contributed by atoms with Gasteiger partial charge in [-0.2, -0.15) is 5.26 Å². The molecule has 1 aromatic heterocycles. The van der Waals surface area contributed by atoms with Crippen LogP contribution in [0.25, 0.3) is 10.1 Å². The molecule has 216 valence electrons. The highest BCUT2D eigenvalue weighted by atomic mass is 35.5. The summed E-state index contributed by atoms with van der Waals surface area (Å²) in [6, 6.07) is 18.7. The molecule has 4 aromatic rings. The van der Waals surface area contributed by atoms with E-state index in [1.807, 2.05) is 50.2 Å². The van der Waals surface area contributed by atoms with Crippen molar-refractivity contribution in [2.75, 3.05) is 13.2 Å². The molecule has 1 aliphatic rings. The molecule has 42 heavy (non-hydrogen) atoms. The van der Waals surface area contributed by atoms with Gasteiger partial charge in [-0.25, -0.2) is 4.79 Å². The van der Waals surface area contributed by atoms with E-state index in [1.54, 1.807) is 18.2 Å². The third-order valence-corrected chi connectivity index (χ3v) is 8.56. The van der Waals surface area contributed by atoms with Crippen molar-refractivity contribution in [3.05, 3.63) is 92.6 Å². The number of hydrogen-bond acceptors (Lipinski definition) is 8. The number of esters is 1. The number of benzene rings is 3. The fourth-order valence-corrected chi connectivity index (χ4v) is 6.28. The molecule has 1 unspecified atom stereocenters. The van der Waals surface area contributed by atoms with E-state index in [2.05, 4.69) is 19.9 Å². The van der Waals surface area contributed by atoms with Gasteiger partial charge in [-0.1, -0.05) is 49.7 Å². The molecule has 0 spiro atoms. The number of halogens is 1. The van der Waals surface area contributed by atoms with Crippen LogP contribution in [-0.4, -0.2) is 19.2 Å². The van der Waals surface area contributed by atoms with Crippen LogP contribution in [0.5, 0.6) is 23.0 Å². The molecule has 0 fully saturated rings. The number of allylic oxidation sites excluding steroid dienone is 1. The first-order chi connectivity index (χ1) is 20.2. The van der Waals surface area contributed by atoms with Crippen LogP contribution in [0, 0.1) is 24.2 Å². The standard InChI is InChI=1S/C33H31ClN2O5S/c1-5-38-27-15-20(7-11-25(27)39-13-12-18(2)3)29-22-10-8-21(16-26(22)41-32(36)24(29)17-35)40-33(37)31-30(34)23-9-6-19(4)14-28(23)42-31/h6-11,14-16,18,29H,5,12-13,36H2,1-4H3. The Kier molecular flexibility index (Phi) is 8.62. The molecule has 7 nitrogen and oxygen atoms in total. The van der Waals surface area contributed by atoms with Crippen LogP contribution >= 0.6 is 22.9 Å². The molecule has 0 saturated carbocycles. The zero-order chi connectivity index (χ0) is 30.0. The summed E-state index contributed by atoms with van der Waals surface area (Å²) in [6.45, 7) is 9.20. The lowest BCUT2D eigenvalue weighted by atomic mass is 9.83. The second-order valence-corrected chi connectivity index (χ2v) is 11.9. The minimum atomic E-state index is -0.568. The molecule has 3 aromatic carbocycles. The highest BCUT2D eigenvalue weighted by Crippen LogP contribution is 2.45. The molecular weight excluding hydrogens is 572 g/mol. The summed E-state index contributed by atoms with van der Waals surface area (Å²) in [4.78, 5) is 13.4. The van der Waals surface area contributed by atoms with Crippen LogP contribution in [0.2, 0.25) is 5.02 Å². The largest absolute Gasteiger partial charge is 0.490 e. The maximum absolute atomic E-state index is 13.1. The highest BCUT2D eigenvalue weighted by Gasteiger charge is 2.32. The first-order valence-corrected chi connectivity index (χ1v) is 14.9. The number of nitrogens with two attached hydrogens (primary N) is 1. The number of thiophene rings is 1. The number of nitrogens with zero attached hydrogens (tertiary/aromatic N) is 1. The van der Waals surface area contributed by atoms with Gasteiger partial charge in [0.25, 0.3) is 0 Å². The second-order valence-electron chi connectivity index (χ2n) is 10.4. The minimum absolute atomic E-state index is 0.0170. The Morgan fingerprint density at radius 3 is 2.67 bits per heavy atom. The van der Waals surface area contributed by atoms with Crippen molar-refractivity contribution in [1.82, 2.24) is 0 Å². The van der Waals surface area contributed by atoms with Gasteiger partial charge in [-0.3, -0.25) is 0 Å². The lowest BCUT2D eigenvalue weighted by Crippen LogP contribution is -2.21. The number of hydrogen-bond donors (Lipinski definition) is 1. The van der Waals surface area contributed by atoms with E-state index >= 15 is 0 Å². The normalized spacial score (nSPS) is 14.4. The average molecular weight is 603 g/mol. The van der Waals surface area contributed by atoms with Crippen LogP contribution in [0.3, 0.4) is 0 Å². The van der Waals surface area contributed by atoms with Crippen LogP contribution < -0.4 is 24.7 Å². The Morgan fingerprint density at radius 1 is 1.12 bits per heavy atom. The summed E-state index contributed by atoms with van der Waals surface area (Å²) in [7, 11) is 0. The predicted octanol–water partition coefficient (Wildman–Crippen LogP) is 8.12. The molecule has 0 saturated heterocycles. The smallest absolute Gasteiger partial charge is 0.355 e. The monoisotopic (exact) mass is 602 g/mol. The first-order valence-electron chi connectivity index (χ1n) is 13.7. The van der Waals surface area contributed by atoms with Crippen molar-refractivity contribution in [1.29, 1.82) is 5.26 Å². The fourth-order valence-electron chi connectivity index (χ4n) is 4.80. The third-order valence-electron chi connectivity index (χ3n) is 6.93. The molecule has 2 N–H and O–H groups in total. The zero-order valence-electron chi connectivity index (χ0n) is 23.8. The van der Waals surface area contributed by atoms with E-state index in [1.165, 1.54) is 11.3 Å². The third kappa shape index (κ3) is 5.89. The Labute approximate surface area is 254 Å². The average Bonchev–Trinajstić information content (AvgIpc) is 3.28. The predicted molar refractivity (Wildman–Crippen MR) is 165 cm³/mol. The van der Waals surface area contributed by atoms with Crippen molar-refractivity contribution < 1.29 is 23.7 Å². The summed E-state index contributed by atoms with van der Waals surface area (Å²) in [5, 5.41) is 11.2. The number of carbonyl (C=O) groups is 1. The molecule has 1 aliphatic heterocycles. The van der Waals surface area contributed by atoms with Gasteiger partial charge in [0.05, 0.1) is 24.2 Å². The molecule has 9 heteroatoms. The van der Waals surface area contributed by atoms with Crippen molar-refractivity contribution >= 4 is 39.0 Å². The van der Waals surface area contributed by atoms with Crippen molar-refractivity contribution in [2.24, 2.45) is 11.7 Å². The van der Waals surface area contributed by atoms with Gasteiger partial charge < -0.3 is 24.7 Å². The summed E-state index contributed by atoms with van der Waals surface area (Å²) in [5.41, 5.74) is 9.06. The van der Waals surface area contributed by atoms with Gasteiger partial charge in [-0.15, -0.1) is 11.3 Å². The van der Waals surface area contributed by atoms with Crippen molar-refractivity contribution in [2.45, 2.75) is 40.0 Å². The summed E-state index contributed by atoms with van der Waals surface area (Å²) in [5.74, 6) is 1.28. The van der Waals surface area contributed by atoms with Crippen LogP contribution in [0.15, 0.2) is 66.1 Å². The fraction of sp³-hybridized carbons (Fsp3) is 0.273. The maximum Gasteiger partial charge on any atom is 0.355 e. The Balaban J connectivity index is 1.45. The molecule has 0 aliphatic carbocycles. The zero-order valence-corrected chi connectivity index (χ0v) is 25.4. The van der Waals surface area contributed by atoms with Gasteiger partial charge in [0.1, 0.15) is 28.0 Å². The summed E-state index contributed by atoms with van der Waals surface area (Å²) in [6.07, 6.45) is 0.917. The number of rotatable bonds is 9. The Morgan fingerprint density at radius 2 is 1.93 bits per heavy atom. The first kappa shape index (κ1) is 29.3. The molecule has 2 heterocycles. The van der Waals surface area contributed by atoms with Gasteiger partial charge >= 0.3 is 5.97 Å². The van der Waals surface area contributed by atoms with E-state index in [4.69, 9.17) is 36.3 Å². The van der Waals surface area contributed by atoms with Gasteiger partial charge in [-0.05, 0) is 61.6 Å². The molecular formula is C33H31ClN2O5S. The summed E-state index contributed by atoms with van der Waals surface area (Å²) >= 11 is 7.81. The van der Waals surface area contributed by atoms with Crippen LogP contribution in [0.1, 0.15) is 59.5 Å². The molecule has 1 atom stereocenters. The Bertz CT molecular complexity index is 1740. The lowest BCUT2D eigenvalue weighted by molar-refractivity contribution is 0.0739. The number of nitriles is 1. The van der Waals surface area contributed by atoms with Gasteiger partial charge in [0.2, 0.25) is 5.88 Å². The maximum atomic E-state index is 13.1. The second kappa shape index (κ2) is 12.4. The van der Waals surface area contributed by atoms with Crippen molar-refractivity contribution in [3.8, 4) is 29.1 Å². The van der Waals surface area contributed by atoms with E-state index in [0.717, 1.165) is 27.6 Å². The van der Waals surface area contributed by atoms with Gasteiger partial charge in [0.15, 0.2) is 11.5 Å². The lowest BCUT2D eigenvalue weighted by Gasteiger charge is -2.27. The highest BCUT2D eigenvalue weighted by molar-refractivity contribution is 7.21. The van der Waals surface area contributed by atoms with Crippen molar-refractivity contribution in [3.63, 3.8) is 0 Å². The quantitative estimate of drug-likeness (QED) is 0.152. The topological polar surface area (TPSA) is 104 Å². The number of aryl methyl sites for hydroxylation is 1. The molecule has 0 bridgehead atoms. The van der Waals surface area contributed by atoms with E-state index < -0.39 is 11.9 Å². The van der Waals surface area contributed by atoms with Gasteiger partial charge in [0, 0.05) is 21.7 Å². The molecule has 5 rings (SSSR count). The summed E-state index contributed by atoms with van der Waals surface area (Å²) < 4.78 is 24.4. The van der Waals surface area contributed by atoms with E-state index in [9.17, 15) is 10.1 Å². The SMILES string of the molecule is CCOc1cc(C2C(C#N)=C(N)Oc3cc(OC(=O)c4sc5cc(C)ccc5c4Cl)ccc32)ccc1OCCC(C)C. The molecule has 0 amide bonds. The number of fused-ring (bicyclic) bond motifs is 2.